The molecule has 3 rings (SSSR count). The van der Waals surface area contributed by atoms with E-state index in [4.69, 9.17) is 0 Å². The predicted octanol–water partition coefficient (Wildman–Crippen LogP) is 5.69. The molecular formula is C25H28NOP. The van der Waals surface area contributed by atoms with Gasteiger partial charge in [0.1, 0.15) is 5.75 Å². The van der Waals surface area contributed by atoms with Crippen molar-refractivity contribution in [1.82, 2.24) is 0 Å². The molecule has 0 aliphatic carbocycles. The van der Waals surface area contributed by atoms with Crippen molar-refractivity contribution in [2.75, 3.05) is 0 Å². The van der Waals surface area contributed by atoms with Gasteiger partial charge in [-0.1, -0.05) is 71.3 Å². The fourth-order valence-corrected chi connectivity index (χ4v) is 4.44. The van der Waals surface area contributed by atoms with Crippen LogP contribution in [0.15, 0.2) is 65.7 Å². The minimum atomic E-state index is -0.0970. The van der Waals surface area contributed by atoms with Crippen LogP contribution in [0.4, 0.5) is 5.69 Å². The van der Waals surface area contributed by atoms with E-state index < -0.39 is 0 Å². The molecule has 28 heavy (non-hydrogen) atoms. The monoisotopic (exact) mass is 389 g/mol. The highest BCUT2D eigenvalue weighted by atomic mass is 31.1. The lowest BCUT2D eigenvalue weighted by Crippen LogP contribution is -2.17. The van der Waals surface area contributed by atoms with Gasteiger partial charge in [0.25, 0.3) is 0 Å². The lowest BCUT2D eigenvalue weighted by Gasteiger charge is -2.23. The van der Waals surface area contributed by atoms with E-state index in [1.54, 1.807) is 0 Å². The molecule has 2 nitrogen and oxygen atoms in total. The van der Waals surface area contributed by atoms with Gasteiger partial charge in [-0.15, -0.1) is 0 Å². The molecule has 0 amide bonds. The van der Waals surface area contributed by atoms with E-state index in [2.05, 4.69) is 69.9 Å². The highest BCUT2D eigenvalue weighted by Crippen LogP contribution is 2.33. The zero-order valence-electron chi connectivity index (χ0n) is 17.2. The number of hydrogen-bond acceptors (Lipinski definition) is 2. The Bertz CT molecular complexity index is 1000. The smallest absolute Gasteiger partial charge is 0.127 e. The van der Waals surface area contributed by atoms with Gasteiger partial charge in [-0.25, -0.2) is 0 Å². The summed E-state index contributed by atoms with van der Waals surface area (Å²) < 4.78 is 0. The molecule has 0 radical (unpaired) electrons. The van der Waals surface area contributed by atoms with Crippen molar-refractivity contribution in [2.45, 2.75) is 40.0 Å². The number of para-hydroxylation sites is 1. The van der Waals surface area contributed by atoms with Crippen LogP contribution < -0.4 is 10.6 Å². The maximum absolute atomic E-state index is 10.9. The summed E-state index contributed by atoms with van der Waals surface area (Å²) in [5.41, 5.74) is 5.32. The van der Waals surface area contributed by atoms with Gasteiger partial charge in [-0.2, -0.15) is 0 Å². The SMILES string of the molecule is Cc1ccc(Pc2cc(C)cc(C(C)(C)C)c2O)c(C=Nc2ccccc2)c1. The first-order chi connectivity index (χ1) is 13.2. The van der Waals surface area contributed by atoms with E-state index in [0.717, 1.165) is 22.1 Å². The quantitative estimate of drug-likeness (QED) is 0.451. The van der Waals surface area contributed by atoms with Crippen molar-refractivity contribution >= 4 is 31.1 Å². The Labute approximate surface area is 170 Å². The van der Waals surface area contributed by atoms with Crippen molar-refractivity contribution in [3.05, 3.63) is 82.9 Å². The first kappa shape index (κ1) is 20.3. The van der Waals surface area contributed by atoms with Crippen LogP contribution in [0, 0.1) is 13.8 Å². The standard InChI is InChI=1S/C25H28NOP/c1-17-11-12-22(19(13-17)16-26-20-9-7-6-8-10-20)28-23-15-18(2)14-21(24(23)27)25(3,4)5/h6-16,27-28H,1-5H3. The molecule has 0 aromatic heterocycles. The summed E-state index contributed by atoms with van der Waals surface area (Å²) in [4.78, 5) is 4.63. The van der Waals surface area contributed by atoms with Crippen molar-refractivity contribution in [3.63, 3.8) is 0 Å². The highest BCUT2D eigenvalue weighted by Gasteiger charge is 2.21. The molecule has 0 spiro atoms. The number of aliphatic imine (C=N–C) groups is 1. The van der Waals surface area contributed by atoms with Crippen molar-refractivity contribution in [1.29, 1.82) is 0 Å². The third kappa shape index (κ3) is 4.88. The van der Waals surface area contributed by atoms with Crippen LogP contribution in [0.5, 0.6) is 5.75 Å². The Morgan fingerprint density at radius 1 is 0.857 bits per heavy atom. The largest absolute Gasteiger partial charge is 0.507 e. The molecule has 3 aromatic rings. The maximum atomic E-state index is 10.9. The van der Waals surface area contributed by atoms with Gasteiger partial charge >= 0.3 is 0 Å². The molecule has 1 N–H and O–H groups in total. The molecule has 1 atom stereocenters. The molecule has 0 saturated carbocycles. The van der Waals surface area contributed by atoms with Gasteiger partial charge in [-0.3, -0.25) is 4.99 Å². The number of rotatable bonds is 4. The van der Waals surface area contributed by atoms with Crippen LogP contribution in [0.1, 0.15) is 43.0 Å². The normalized spacial score (nSPS) is 12.3. The topological polar surface area (TPSA) is 32.6 Å². The van der Waals surface area contributed by atoms with Gasteiger partial charge < -0.3 is 5.11 Å². The lowest BCUT2D eigenvalue weighted by molar-refractivity contribution is 0.450. The second kappa shape index (κ2) is 8.29. The summed E-state index contributed by atoms with van der Waals surface area (Å²) in [5, 5.41) is 13.1. The van der Waals surface area contributed by atoms with Gasteiger partial charge in [0.15, 0.2) is 0 Å². The van der Waals surface area contributed by atoms with Gasteiger partial charge in [-0.05, 0) is 54.4 Å². The molecule has 3 heteroatoms. The first-order valence-electron chi connectivity index (χ1n) is 9.55. The van der Waals surface area contributed by atoms with Gasteiger partial charge in [0, 0.05) is 22.6 Å². The minimum absolute atomic E-state index is 0.0970. The number of aryl methyl sites for hydroxylation is 2. The Morgan fingerprint density at radius 3 is 2.25 bits per heavy atom. The van der Waals surface area contributed by atoms with Crippen molar-refractivity contribution < 1.29 is 5.11 Å². The van der Waals surface area contributed by atoms with E-state index in [9.17, 15) is 5.11 Å². The zero-order valence-corrected chi connectivity index (χ0v) is 18.2. The molecule has 0 aliphatic rings. The molecule has 0 bridgehead atoms. The Kier molecular flexibility index (Phi) is 6.01. The van der Waals surface area contributed by atoms with E-state index >= 15 is 0 Å². The number of phenolic OH excluding ortho intramolecular Hbond substituents is 1. The summed E-state index contributed by atoms with van der Waals surface area (Å²) >= 11 is 0. The second-order valence-electron chi connectivity index (χ2n) is 8.27. The third-order valence-corrected chi connectivity index (χ3v) is 6.02. The van der Waals surface area contributed by atoms with Crippen LogP contribution >= 0.6 is 8.58 Å². The third-order valence-electron chi connectivity index (χ3n) is 4.65. The van der Waals surface area contributed by atoms with Crippen LogP contribution in [0.2, 0.25) is 0 Å². The van der Waals surface area contributed by atoms with E-state index in [0.29, 0.717) is 14.3 Å². The van der Waals surface area contributed by atoms with Crippen LogP contribution in [0.25, 0.3) is 0 Å². The van der Waals surface area contributed by atoms with Crippen LogP contribution in [-0.4, -0.2) is 11.3 Å². The minimum Gasteiger partial charge on any atom is -0.507 e. The molecule has 0 heterocycles. The zero-order chi connectivity index (χ0) is 20.3. The summed E-state index contributed by atoms with van der Waals surface area (Å²) in [6.45, 7) is 10.6. The van der Waals surface area contributed by atoms with Crippen LogP contribution in [0.3, 0.4) is 0 Å². The highest BCUT2D eigenvalue weighted by molar-refractivity contribution is 7.56. The number of nitrogens with zero attached hydrogens (tertiary/aromatic N) is 1. The fraction of sp³-hybridized carbons (Fsp3) is 0.240. The Balaban J connectivity index is 2.00. The summed E-state index contributed by atoms with van der Waals surface area (Å²) in [6, 6.07) is 20.6. The molecular weight excluding hydrogens is 361 g/mol. The average molecular weight is 389 g/mol. The van der Waals surface area contributed by atoms with Crippen molar-refractivity contribution in [2.24, 2.45) is 4.99 Å². The van der Waals surface area contributed by atoms with Gasteiger partial charge in [0.05, 0.1) is 5.69 Å². The second-order valence-corrected chi connectivity index (χ2v) is 9.60. The molecule has 144 valence electrons. The number of hydrogen-bond donors (Lipinski definition) is 1. The molecule has 0 aliphatic heterocycles. The Hall–Kier alpha value is -2.44. The molecule has 0 saturated heterocycles. The number of aromatic hydroxyl groups is 1. The molecule has 1 unspecified atom stereocenters. The van der Waals surface area contributed by atoms with Crippen LogP contribution in [-0.2, 0) is 5.41 Å². The van der Waals surface area contributed by atoms with E-state index in [-0.39, 0.29) is 5.41 Å². The first-order valence-corrected chi connectivity index (χ1v) is 10.5. The summed E-state index contributed by atoms with van der Waals surface area (Å²) in [7, 11) is 0.369. The maximum Gasteiger partial charge on any atom is 0.127 e. The average Bonchev–Trinajstić information content (AvgIpc) is 2.64. The number of phenols is 1. The fourth-order valence-electron chi connectivity index (χ4n) is 3.15. The van der Waals surface area contributed by atoms with E-state index in [1.165, 1.54) is 16.4 Å². The predicted molar refractivity (Wildman–Crippen MR) is 124 cm³/mol. The molecule has 3 aromatic carbocycles. The Morgan fingerprint density at radius 2 is 1.57 bits per heavy atom. The lowest BCUT2D eigenvalue weighted by atomic mass is 9.85. The van der Waals surface area contributed by atoms with Gasteiger partial charge in [0.2, 0.25) is 0 Å². The summed E-state index contributed by atoms with van der Waals surface area (Å²) in [6.07, 6.45) is 1.93. The molecule has 0 fully saturated rings. The number of benzene rings is 3. The summed E-state index contributed by atoms with van der Waals surface area (Å²) in [5.74, 6) is 0.419. The van der Waals surface area contributed by atoms with E-state index in [1.807, 2.05) is 36.5 Å². The van der Waals surface area contributed by atoms with Crippen molar-refractivity contribution in [3.8, 4) is 5.75 Å².